The molecule has 0 aromatic heterocycles. The average Bonchev–Trinajstić information content (AvgIpc) is 2.27. The van der Waals surface area contributed by atoms with Crippen LogP contribution in [-0.4, -0.2) is 18.2 Å². The molecule has 0 N–H and O–H groups in total. The minimum absolute atomic E-state index is 0.135. The first-order chi connectivity index (χ1) is 8.31. The zero-order valence-electron chi connectivity index (χ0n) is 9.25. The van der Waals surface area contributed by atoms with Gasteiger partial charge in [-0.25, -0.2) is 0 Å². The third-order valence-electron chi connectivity index (χ3n) is 2.12. The Hall–Kier alpha value is -2.27. The maximum atomic E-state index is 12.7. The minimum Gasteiger partial charge on any atom is -0.496 e. The number of benzene rings is 1. The summed E-state index contributed by atoms with van der Waals surface area (Å²) in [6.07, 6.45) is -4.72. The van der Waals surface area contributed by atoms with Crippen molar-refractivity contribution in [1.82, 2.24) is 0 Å². The molecule has 0 heterocycles. The van der Waals surface area contributed by atoms with Gasteiger partial charge in [0, 0.05) is 17.7 Å². The predicted octanol–water partition coefficient (Wildman–Crippen LogP) is 3.33. The number of hydrogen-bond acceptors (Lipinski definition) is 3. The van der Waals surface area contributed by atoms with Gasteiger partial charge in [-0.1, -0.05) is 6.58 Å². The van der Waals surface area contributed by atoms with E-state index in [1.54, 1.807) is 5.73 Å². The number of methoxy groups -OCH3 is 1. The number of non-ortho nitro benzene ring substituents is 1. The van der Waals surface area contributed by atoms with Gasteiger partial charge in [0.05, 0.1) is 12.0 Å². The molecule has 0 amide bonds. The SMILES string of the molecule is C=C=C(c1cc([N+](=O)[O-])ccc1OC)C(F)(F)F. The highest BCUT2D eigenvalue weighted by molar-refractivity contribution is 5.75. The van der Waals surface area contributed by atoms with Crippen LogP contribution in [0.25, 0.3) is 5.57 Å². The molecule has 0 spiro atoms. The summed E-state index contributed by atoms with van der Waals surface area (Å²) in [6, 6.07) is 2.93. The fraction of sp³-hybridized carbons (Fsp3) is 0.182. The molecule has 18 heavy (non-hydrogen) atoms. The molecule has 0 unspecified atom stereocenters. The van der Waals surface area contributed by atoms with Crippen LogP contribution >= 0.6 is 0 Å². The van der Waals surface area contributed by atoms with Gasteiger partial charge in [-0.3, -0.25) is 10.1 Å². The average molecular weight is 259 g/mol. The Kier molecular flexibility index (Phi) is 3.78. The molecule has 1 rings (SSSR count). The fourth-order valence-corrected chi connectivity index (χ4v) is 1.35. The Balaban J connectivity index is 3.50. The highest BCUT2D eigenvalue weighted by atomic mass is 19.4. The first-order valence-electron chi connectivity index (χ1n) is 4.61. The van der Waals surface area contributed by atoms with Gasteiger partial charge >= 0.3 is 6.18 Å². The summed E-state index contributed by atoms with van der Waals surface area (Å²) in [5.41, 5.74) is -0.401. The van der Waals surface area contributed by atoms with E-state index in [0.29, 0.717) is 0 Å². The van der Waals surface area contributed by atoms with E-state index in [1.807, 2.05) is 0 Å². The van der Waals surface area contributed by atoms with Gasteiger partial charge in [0.1, 0.15) is 11.3 Å². The molecule has 0 saturated carbocycles. The van der Waals surface area contributed by atoms with Gasteiger partial charge in [0.2, 0.25) is 0 Å². The summed E-state index contributed by atoms with van der Waals surface area (Å²) in [5, 5.41) is 10.6. The van der Waals surface area contributed by atoms with Crippen LogP contribution in [0.5, 0.6) is 5.75 Å². The largest absolute Gasteiger partial charge is 0.496 e. The Labute approximate surface area is 100 Å². The quantitative estimate of drug-likeness (QED) is 0.475. The smallest absolute Gasteiger partial charge is 0.424 e. The fourth-order valence-electron chi connectivity index (χ4n) is 1.35. The molecule has 1 aromatic carbocycles. The second kappa shape index (κ2) is 4.93. The monoisotopic (exact) mass is 259 g/mol. The van der Waals surface area contributed by atoms with Crippen LogP contribution in [0.15, 0.2) is 30.5 Å². The van der Waals surface area contributed by atoms with Crippen LogP contribution in [-0.2, 0) is 0 Å². The zero-order valence-corrected chi connectivity index (χ0v) is 9.25. The zero-order chi connectivity index (χ0) is 13.9. The molecule has 7 heteroatoms. The standard InChI is InChI=1S/C11H8F3NO3/c1-3-9(11(12,13)14)8-6-7(15(16)17)4-5-10(8)18-2/h4-6H,1H2,2H3. The summed E-state index contributed by atoms with van der Waals surface area (Å²) in [7, 11) is 1.17. The molecule has 4 nitrogen and oxygen atoms in total. The van der Waals surface area contributed by atoms with Gasteiger partial charge in [-0.15, -0.1) is 5.73 Å². The minimum atomic E-state index is -4.72. The van der Waals surface area contributed by atoms with Crippen molar-refractivity contribution >= 4 is 11.3 Å². The van der Waals surface area contributed by atoms with Crippen molar-refractivity contribution in [1.29, 1.82) is 0 Å². The molecule has 0 aliphatic heterocycles. The van der Waals surface area contributed by atoms with E-state index in [0.717, 1.165) is 18.2 Å². The van der Waals surface area contributed by atoms with Gasteiger partial charge in [0.15, 0.2) is 0 Å². The topological polar surface area (TPSA) is 52.4 Å². The van der Waals surface area contributed by atoms with E-state index >= 15 is 0 Å². The summed E-state index contributed by atoms with van der Waals surface area (Å²) in [6.45, 7) is 2.95. The third-order valence-corrected chi connectivity index (χ3v) is 2.12. The molecule has 0 atom stereocenters. The van der Waals surface area contributed by atoms with Crippen LogP contribution in [0.4, 0.5) is 18.9 Å². The number of nitro benzene ring substituents is 1. The lowest BCUT2D eigenvalue weighted by Gasteiger charge is -2.12. The summed E-state index contributed by atoms with van der Waals surface area (Å²) in [4.78, 5) is 9.76. The van der Waals surface area contributed by atoms with Crippen LogP contribution in [0, 0.1) is 10.1 Å². The number of hydrogen-bond donors (Lipinski definition) is 0. The van der Waals surface area contributed by atoms with Crippen molar-refractivity contribution in [3.63, 3.8) is 0 Å². The van der Waals surface area contributed by atoms with Crippen molar-refractivity contribution in [2.24, 2.45) is 0 Å². The molecule has 0 fully saturated rings. The van der Waals surface area contributed by atoms with Crippen LogP contribution < -0.4 is 4.74 Å². The molecule has 0 saturated heterocycles. The van der Waals surface area contributed by atoms with E-state index in [1.165, 1.54) is 7.11 Å². The van der Waals surface area contributed by atoms with E-state index in [-0.39, 0.29) is 5.75 Å². The molecule has 96 valence electrons. The Morgan fingerprint density at radius 1 is 1.50 bits per heavy atom. The van der Waals surface area contributed by atoms with Gasteiger partial charge in [0.25, 0.3) is 5.69 Å². The highest BCUT2D eigenvalue weighted by Gasteiger charge is 2.37. The van der Waals surface area contributed by atoms with Crippen molar-refractivity contribution in [2.45, 2.75) is 6.18 Å². The number of nitrogens with zero attached hydrogens (tertiary/aromatic N) is 1. The number of nitro groups is 1. The lowest BCUT2D eigenvalue weighted by atomic mass is 10.0. The van der Waals surface area contributed by atoms with E-state index < -0.39 is 27.9 Å². The number of rotatable bonds is 3. The molecule has 1 aromatic rings. The maximum absolute atomic E-state index is 12.7. The third kappa shape index (κ3) is 2.70. The van der Waals surface area contributed by atoms with Crippen molar-refractivity contribution in [3.05, 3.63) is 46.2 Å². The number of halogens is 3. The van der Waals surface area contributed by atoms with E-state index in [9.17, 15) is 23.3 Å². The Bertz CT molecular complexity index is 531. The van der Waals surface area contributed by atoms with Crippen LogP contribution in [0.2, 0.25) is 0 Å². The van der Waals surface area contributed by atoms with Gasteiger partial charge in [-0.2, -0.15) is 13.2 Å². The normalized spacial score (nSPS) is 10.7. The van der Waals surface area contributed by atoms with Crippen LogP contribution in [0.1, 0.15) is 5.56 Å². The van der Waals surface area contributed by atoms with Crippen molar-refractivity contribution in [3.8, 4) is 5.75 Å². The molecule has 0 bridgehead atoms. The molecule has 0 aliphatic rings. The molecular weight excluding hydrogens is 251 g/mol. The second-order valence-electron chi connectivity index (χ2n) is 3.19. The number of alkyl halides is 3. The first-order valence-corrected chi connectivity index (χ1v) is 4.61. The highest BCUT2D eigenvalue weighted by Crippen LogP contribution is 2.38. The second-order valence-corrected chi connectivity index (χ2v) is 3.19. The first kappa shape index (κ1) is 13.8. The lowest BCUT2D eigenvalue weighted by molar-refractivity contribution is -0.384. The predicted molar refractivity (Wildman–Crippen MR) is 58.3 cm³/mol. The maximum Gasteiger partial charge on any atom is 0.424 e. The van der Waals surface area contributed by atoms with Gasteiger partial charge < -0.3 is 4.74 Å². The Morgan fingerprint density at radius 3 is 2.50 bits per heavy atom. The number of ether oxygens (including phenoxy) is 1. The number of allylic oxidation sites excluding steroid dienone is 1. The van der Waals surface area contributed by atoms with E-state index in [2.05, 4.69) is 6.58 Å². The summed E-state index contributed by atoms with van der Waals surface area (Å²) < 4.78 is 42.8. The molecule has 0 aliphatic carbocycles. The molecular formula is C11H8F3NO3. The van der Waals surface area contributed by atoms with Gasteiger partial charge in [-0.05, 0) is 6.07 Å². The van der Waals surface area contributed by atoms with Crippen molar-refractivity contribution in [2.75, 3.05) is 7.11 Å². The summed E-state index contributed by atoms with van der Waals surface area (Å²) in [5.74, 6) is -0.135. The van der Waals surface area contributed by atoms with Crippen LogP contribution in [0.3, 0.4) is 0 Å². The summed E-state index contributed by atoms with van der Waals surface area (Å²) >= 11 is 0. The van der Waals surface area contributed by atoms with Crippen molar-refractivity contribution < 1.29 is 22.8 Å². The lowest BCUT2D eigenvalue weighted by Crippen LogP contribution is -2.11. The Morgan fingerprint density at radius 2 is 2.11 bits per heavy atom. The van der Waals surface area contributed by atoms with E-state index in [4.69, 9.17) is 4.74 Å². The molecule has 0 radical (unpaired) electrons.